The third-order valence-electron chi connectivity index (χ3n) is 4.53. The Morgan fingerprint density at radius 3 is 2.40 bits per heavy atom. The molecule has 1 fully saturated rings. The molecule has 1 aliphatic carbocycles. The lowest BCUT2D eigenvalue weighted by Crippen LogP contribution is -2.39. The van der Waals surface area contributed by atoms with E-state index in [1.54, 1.807) is 21.0 Å². The number of nitrogens with one attached hydrogen (secondary N) is 1. The molecule has 5 heteroatoms. The van der Waals surface area contributed by atoms with Crippen LogP contribution in [0.2, 0.25) is 0 Å². The minimum absolute atomic E-state index is 0.175. The SMILES string of the molecule is COCCNCC1(CCS(=O)(=O)C(C)C)CCCCC1. The summed E-state index contributed by atoms with van der Waals surface area (Å²) in [7, 11) is -1.22. The van der Waals surface area contributed by atoms with E-state index in [0.717, 1.165) is 32.4 Å². The normalized spacial score (nSPS) is 19.4. The van der Waals surface area contributed by atoms with Crippen LogP contribution in [0, 0.1) is 5.41 Å². The lowest BCUT2D eigenvalue weighted by molar-refractivity contribution is 0.159. The Morgan fingerprint density at radius 2 is 1.85 bits per heavy atom. The molecule has 0 amide bonds. The molecule has 4 nitrogen and oxygen atoms in total. The van der Waals surface area contributed by atoms with E-state index in [1.165, 1.54) is 19.3 Å². The van der Waals surface area contributed by atoms with Crippen molar-refractivity contribution < 1.29 is 13.2 Å². The first-order valence-electron chi connectivity index (χ1n) is 7.83. The second kappa shape index (κ2) is 8.35. The fourth-order valence-electron chi connectivity index (χ4n) is 2.94. The Kier molecular flexibility index (Phi) is 7.48. The largest absolute Gasteiger partial charge is 0.383 e. The van der Waals surface area contributed by atoms with Crippen molar-refractivity contribution in [1.82, 2.24) is 5.32 Å². The van der Waals surface area contributed by atoms with Crippen molar-refractivity contribution >= 4 is 9.84 Å². The minimum atomic E-state index is -2.92. The Morgan fingerprint density at radius 1 is 1.20 bits per heavy atom. The maximum Gasteiger partial charge on any atom is 0.152 e. The zero-order valence-corrected chi connectivity index (χ0v) is 14.1. The van der Waals surface area contributed by atoms with Gasteiger partial charge in [0.25, 0.3) is 0 Å². The lowest BCUT2D eigenvalue weighted by Gasteiger charge is -2.38. The minimum Gasteiger partial charge on any atom is -0.383 e. The molecule has 0 aromatic carbocycles. The van der Waals surface area contributed by atoms with E-state index in [2.05, 4.69) is 5.32 Å². The summed E-state index contributed by atoms with van der Waals surface area (Å²) < 4.78 is 29.2. The molecule has 1 saturated carbocycles. The monoisotopic (exact) mass is 305 g/mol. The Bertz CT molecular complexity index is 359. The van der Waals surface area contributed by atoms with Gasteiger partial charge in [0.15, 0.2) is 9.84 Å². The highest BCUT2D eigenvalue weighted by molar-refractivity contribution is 7.91. The standard InChI is InChI=1S/C15H31NO3S/c1-14(2)20(17,18)12-9-15(7-5-4-6-8-15)13-16-10-11-19-3/h14,16H,4-13H2,1-3H3. The third-order valence-corrected chi connectivity index (χ3v) is 6.74. The summed E-state index contributed by atoms with van der Waals surface area (Å²) in [6, 6.07) is 0. The number of rotatable bonds is 9. The number of hydrogen-bond acceptors (Lipinski definition) is 4. The van der Waals surface area contributed by atoms with Gasteiger partial charge in [-0.25, -0.2) is 8.42 Å². The van der Waals surface area contributed by atoms with Crippen LogP contribution in [0.1, 0.15) is 52.4 Å². The molecule has 1 rings (SSSR count). The molecule has 0 aromatic rings. The first kappa shape index (κ1) is 17.9. The smallest absolute Gasteiger partial charge is 0.152 e. The lowest BCUT2D eigenvalue weighted by atomic mass is 9.72. The molecular formula is C15H31NO3S. The van der Waals surface area contributed by atoms with Crippen LogP contribution >= 0.6 is 0 Å². The van der Waals surface area contributed by atoms with Crippen molar-refractivity contribution in [3.63, 3.8) is 0 Å². The van der Waals surface area contributed by atoms with Crippen LogP contribution in [0.5, 0.6) is 0 Å². The Labute approximate surface area is 124 Å². The van der Waals surface area contributed by atoms with Crippen molar-refractivity contribution in [3.8, 4) is 0 Å². The quantitative estimate of drug-likeness (QED) is 0.665. The fraction of sp³-hybridized carbons (Fsp3) is 1.00. The van der Waals surface area contributed by atoms with Crippen LogP contribution in [-0.4, -0.2) is 46.2 Å². The van der Waals surface area contributed by atoms with Gasteiger partial charge in [0.05, 0.1) is 17.6 Å². The molecule has 0 atom stereocenters. The summed E-state index contributed by atoms with van der Waals surface area (Å²) in [6.07, 6.45) is 6.85. The first-order valence-corrected chi connectivity index (χ1v) is 9.55. The topological polar surface area (TPSA) is 55.4 Å². The summed E-state index contributed by atoms with van der Waals surface area (Å²) in [6.45, 7) is 6.03. The van der Waals surface area contributed by atoms with Gasteiger partial charge in [-0.15, -0.1) is 0 Å². The van der Waals surface area contributed by atoms with E-state index in [0.29, 0.717) is 12.4 Å². The van der Waals surface area contributed by atoms with Crippen LogP contribution in [0.3, 0.4) is 0 Å². The molecule has 0 unspecified atom stereocenters. The number of sulfone groups is 1. The fourth-order valence-corrected chi connectivity index (χ4v) is 4.13. The number of methoxy groups -OCH3 is 1. The van der Waals surface area contributed by atoms with Crippen LogP contribution in [0.15, 0.2) is 0 Å². The van der Waals surface area contributed by atoms with E-state index in [4.69, 9.17) is 4.74 Å². The zero-order chi connectivity index (χ0) is 15.1. The van der Waals surface area contributed by atoms with Gasteiger partial charge in [0, 0.05) is 20.2 Å². The summed E-state index contributed by atoms with van der Waals surface area (Å²) in [5.74, 6) is 0.330. The second-order valence-electron chi connectivity index (χ2n) is 6.40. The van der Waals surface area contributed by atoms with Crippen LogP contribution in [0.4, 0.5) is 0 Å². The predicted molar refractivity (Wildman–Crippen MR) is 83.8 cm³/mol. The van der Waals surface area contributed by atoms with Gasteiger partial charge in [-0.05, 0) is 38.5 Å². The molecule has 1 N–H and O–H groups in total. The average Bonchev–Trinajstić information content (AvgIpc) is 2.43. The van der Waals surface area contributed by atoms with E-state index >= 15 is 0 Å². The highest BCUT2D eigenvalue weighted by atomic mass is 32.2. The highest BCUT2D eigenvalue weighted by Crippen LogP contribution is 2.39. The van der Waals surface area contributed by atoms with Gasteiger partial charge in [-0.2, -0.15) is 0 Å². The summed E-state index contributed by atoms with van der Waals surface area (Å²) in [5, 5.41) is 3.18. The van der Waals surface area contributed by atoms with E-state index < -0.39 is 9.84 Å². The first-order chi connectivity index (χ1) is 9.42. The van der Waals surface area contributed by atoms with E-state index in [9.17, 15) is 8.42 Å². The van der Waals surface area contributed by atoms with Crippen LogP contribution < -0.4 is 5.32 Å². The maximum absolute atomic E-state index is 12.1. The molecule has 0 heterocycles. The summed E-state index contributed by atoms with van der Waals surface area (Å²) >= 11 is 0. The Balaban J connectivity index is 2.55. The van der Waals surface area contributed by atoms with Crippen molar-refractivity contribution in [2.24, 2.45) is 5.41 Å². The zero-order valence-electron chi connectivity index (χ0n) is 13.3. The van der Waals surface area contributed by atoms with Gasteiger partial charge in [-0.1, -0.05) is 19.3 Å². The highest BCUT2D eigenvalue weighted by Gasteiger charge is 2.33. The summed E-state index contributed by atoms with van der Waals surface area (Å²) in [5.41, 5.74) is 0.175. The molecule has 0 saturated heterocycles. The van der Waals surface area contributed by atoms with Crippen LogP contribution in [-0.2, 0) is 14.6 Å². The number of ether oxygens (including phenoxy) is 1. The molecular weight excluding hydrogens is 274 g/mol. The molecule has 0 aliphatic heterocycles. The van der Waals surface area contributed by atoms with Gasteiger partial charge < -0.3 is 10.1 Å². The van der Waals surface area contributed by atoms with Crippen molar-refractivity contribution in [1.29, 1.82) is 0 Å². The van der Waals surface area contributed by atoms with Crippen molar-refractivity contribution in [3.05, 3.63) is 0 Å². The van der Waals surface area contributed by atoms with Gasteiger partial charge in [-0.3, -0.25) is 0 Å². The van der Waals surface area contributed by atoms with Crippen LogP contribution in [0.25, 0.3) is 0 Å². The molecule has 20 heavy (non-hydrogen) atoms. The van der Waals surface area contributed by atoms with E-state index in [-0.39, 0.29) is 10.7 Å². The van der Waals surface area contributed by atoms with Crippen molar-refractivity contribution in [2.75, 3.05) is 32.6 Å². The summed E-state index contributed by atoms with van der Waals surface area (Å²) in [4.78, 5) is 0. The predicted octanol–water partition coefficient (Wildman–Crippen LogP) is 2.39. The second-order valence-corrected chi connectivity index (χ2v) is 9.07. The van der Waals surface area contributed by atoms with Gasteiger partial charge in [0.2, 0.25) is 0 Å². The average molecular weight is 305 g/mol. The molecule has 0 radical (unpaired) electrons. The molecule has 0 bridgehead atoms. The third kappa shape index (κ3) is 5.70. The molecule has 1 aliphatic rings. The molecule has 0 aromatic heterocycles. The van der Waals surface area contributed by atoms with Gasteiger partial charge >= 0.3 is 0 Å². The van der Waals surface area contributed by atoms with E-state index in [1.807, 2.05) is 0 Å². The van der Waals surface area contributed by atoms with Gasteiger partial charge in [0.1, 0.15) is 0 Å². The molecule has 0 spiro atoms. The maximum atomic E-state index is 12.1. The number of hydrogen-bond donors (Lipinski definition) is 1. The Hall–Kier alpha value is -0.130. The molecule has 120 valence electrons. The van der Waals surface area contributed by atoms with Crippen molar-refractivity contribution in [2.45, 2.75) is 57.6 Å².